The van der Waals surface area contributed by atoms with Gasteiger partial charge in [0, 0.05) is 31.9 Å². The number of hydrogen-bond donors (Lipinski definition) is 0. The van der Waals surface area contributed by atoms with Gasteiger partial charge in [-0.1, -0.05) is 5.16 Å². The fraction of sp³-hybridized carbons (Fsp3) is 0.421. The number of aromatic nitrogens is 4. The number of rotatable bonds is 5. The van der Waals surface area contributed by atoms with Gasteiger partial charge in [0.25, 0.3) is 11.8 Å². The van der Waals surface area contributed by atoms with Gasteiger partial charge in [-0.2, -0.15) is 4.98 Å². The van der Waals surface area contributed by atoms with E-state index >= 15 is 0 Å². The Hall–Kier alpha value is -3.03. The van der Waals surface area contributed by atoms with Crippen LogP contribution in [-0.2, 0) is 6.42 Å². The number of aryl methyl sites for hydroxylation is 2. The molecule has 0 N–H and O–H groups in total. The molecule has 3 aromatic heterocycles. The minimum atomic E-state index is -0.0758. The quantitative estimate of drug-likeness (QED) is 0.684. The molecule has 0 aromatic carbocycles. The molecule has 8 heteroatoms. The lowest BCUT2D eigenvalue weighted by molar-refractivity contribution is 0.0635. The van der Waals surface area contributed by atoms with Crippen molar-refractivity contribution in [3.05, 3.63) is 48.2 Å². The highest BCUT2D eigenvalue weighted by atomic mass is 16.5. The maximum Gasteiger partial charge on any atom is 0.291 e. The first-order valence-corrected chi connectivity index (χ1v) is 9.13. The first kappa shape index (κ1) is 17.4. The van der Waals surface area contributed by atoms with Gasteiger partial charge in [-0.15, -0.1) is 0 Å². The van der Waals surface area contributed by atoms with Crippen LogP contribution >= 0.6 is 0 Å². The molecule has 4 heterocycles. The number of oxazole rings is 1. The highest BCUT2D eigenvalue weighted by molar-refractivity contribution is 5.92. The molecule has 140 valence electrons. The summed E-state index contributed by atoms with van der Waals surface area (Å²) in [5.41, 5.74) is 1.45. The van der Waals surface area contributed by atoms with Crippen molar-refractivity contribution in [2.24, 2.45) is 5.92 Å². The molecular formula is C19H21N5O3. The van der Waals surface area contributed by atoms with Crippen molar-refractivity contribution < 1.29 is 13.7 Å². The number of pyridine rings is 1. The molecule has 0 spiro atoms. The van der Waals surface area contributed by atoms with E-state index in [1.165, 1.54) is 6.39 Å². The number of carbonyl (C=O) groups is 1. The third kappa shape index (κ3) is 3.89. The highest BCUT2D eigenvalue weighted by Gasteiger charge is 2.27. The fourth-order valence-corrected chi connectivity index (χ4v) is 3.43. The van der Waals surface area contributed by atoms with Gasteiger partial charge in [-0.25, -0.2) is 4.98 Å². The van der Waals surface area contributed by atoms with Crippen LogP contribution in [0.15, 0.2) is 39.9 Å². The van der Waals surface area contributed by atoms with Crippen LogP contribution in [0.5, 0.6) is 0 Å². The summed E-state index contributed by atoms with van der Waals surface area (Å²) in [5.74, 6) is 1.84. The standard InChI is InChI=1S/C19H21N5O3/c1-13-17(26-12-21-13)19(25)24-9-3-4-14(11-24)6-7-16-22-18(27-23-16)15-5-2-8-20-10-15/h2,5,8,10,12,14H,3-4,6-7,9,11H2,1H3. The number of nitrogens with zero attached hydrogens (tertiary/aromatic N) is 5. The fourth-order valence-electron chi connectivity index (χ4n) is 3.43. The van der Waals surface area contributed by atoms with E-state index in [0.29, 0.717) is 35.6 Å². The minimum absolute atomic E-state index is 0.0758. The van der Waals surface area contributed by atoms with Gasteiger partial charge in [0.15, 0.2) is 12.2 Å². The topological polar surface area (TPSA) is 98.2 Å². The van der Waals surface area contributed by atoms with Crippen molar-refractivity contribution in [2.75, 3.05) is 13.1 Å². The second kappa shape index (κ2) is 7.69. The van der Waals surface area contributed by atoms with Gasteiger partial charge < -0.3 is 13.8 Å². The molecule has 0 bridgehead atoms. The Morgan fingerprint density at radius 3 is 3.11 bits per heavy atom. The molecule has 27 heavy (non-hydrogen) atoms. The van der Waals surface area contributed by atoms with Crippen molar-refractivity contribution >= 4 is 5.91 Å². The van der Waals surface area contributed by atoms with E-state index in [2.05, 4.69) is 20.1 Å². The Morgan fingerprint density at radius 2 is 2.33 bits per heavy atom. The van der Waals surface area contributed by atoms with Crippen LogP contribution in [0.2, 0.25) is 0 Å². The molecule has 4 rings (SSSR count). The van der Waals surface area contributed by atoms with Crippen molar-refractivity contribution in [1.29, 1.82) is 0 Å². The minimum Gasteiger partial charge on any atom is -0.438 e. The molecule has 0 aliphatic carbocycles. The number of piperidine rings is 1. The molecule has 1 atom stereocenters. The molecule has 3 aromatic rings. The van der Waals surface area contributed by atoms with Gasteiger partial charge >= 0.3 is 0 Å². The Balaban J connectivity index is 1.34. The molecule has 1 aliphatic rings. The van der Waals surface area contributed by atoms with Gasteiger partial charge in [0.1, 0.15) is 0 Å². The molecule has 1 fully saturated rings. The number of hydrogen-bond acceptors (Lipinski definition) is 7. The van der Waals surface area contributed by atoms with Crippen LogP contribution in [0.1, 0.15) is 41.3 Å². The van der Waals surface area contributed by atoms with E-state index in [1.54, 1.807) is 19.3 Å². The van der Waals surface area contributed by atoms with Crippen LogP contribution in [0.4, 0.5) is 0 Å². The average Bonchev–Trinajstić information content (AvgIpc) is 3.36. The van der Waals surface area contributed by atoms with Crippen molar-refractivity contribution in [3.8, 4) is 11.5 Å². The van der Waals surface area contributed by atoms with Crippen LogP contribution in [0, 0.1) is 12.8 Å². The predicted molar refractivity (Wildman–Crippen MR) is 95.7 cm³/mol. The van der Waals surface area contributed by atoms with Crippen molar-refractivity contribution in [2.45, 2.75) is 32.6 Å². The van der Waals surface area contributed by atoms with Crippen molar-refractivity contribution in [3.63, 3.8) is 0 Å². The molecule has 1 saturated heterocycles. The maximum atomic E-state index is 12.6. The van der Waals surface area contributed by atoms with E-state index in [1.807, 2.05) is 17.0 Å². The number of carbonyl (C=O) groups excluding carboxylic acids is 1. The lowest BCUT2D eigenvalue weighted by atomic mass is 9.93. The van der Waals surface area contributed by atoms with Gasteiger partial charge in [-0.3, -0.25) is 9.78 Å². The Kier molecular flexibility index (Phi) is 4.95. The maximum absolute atomic E-state index is 12.6. The molecular weight excluding hydrogens is 346 g/mol. The molecule has 0 saturated carbocycles. The second-order valence-corrected chi connectivity index (χ2v) is 6.82. The largest absolute Gasteiger partial charge is 0.438 e. The third-order valence-electron chi connectivity index (χ3n) is 4.90. The monoisotopic (exact) mass is 367 g/mol. The predicted octanol–water partition coefficient (Wildman–Crippen LogP) is 2.91. The van der Waals surface area contributed by atoms with E-state index in [4.69, 9.17) is 8.94 Å². The second-order valence-electron chi connectivity index (χ2n) is 6.82. The molecule has 1 unspecified atom stereocenters. The number of likely N-dealkylation sites (tertiary alicyclic amines) is 1. The normalized spacial score (nSPS) is 17.2. The SMILES string of the molecule is Cc1ncoc1C(=O)N1CCCC(CCc2noc(-c3cccnc3)n2)C1. The summed E-state index contributed by atoms with van der Waals surface area (Å²) in [5, 5.41) is 4.07. The van der Waals surface area contributed by atoms with Gasteiger partial charge in [0.2, 0.25) is 5.76 Å². The van der Waals surface area contributed by atoms with Gasteiger partial charge in [-0.05, 0) is 44.2 Å². The van der Waals surface area contributed by atoms with E-state index in [-0.39, 0.29) is 5.91 Å². The number of amides is 1. The smallest absolute Gasteiger partial charge is 0.291 e. The summed E-state index contributed by atoms with van der Waals surface area (Å²) in [6.45, 7) is 3.25. The Morgan fingerprint density at radius 1 is 1.41 bits per heavy atom. The molecule has 1 aliphatic heterocycles. The molecule has 1 amide bonds. The zero-order chi connectivity index (χ0) is 18.6. The van der Waals surface area contributed by atoms with Crippen molar-refractivity contribution in [1.82, 2.24) is 25.0 Å². The Labute approximate surface area is 156 Å². The first-order valence-electron chi connectivity index (χ1n) is 9.13. The van der Waals surface area contributed by atoms with Crippen LogP contribution < -0.4 is 0 Å². The third-order valence-corrected chi connectivity index (χ3v) is 4.90. The summed E-state index contributed by atoms with van der Waals surface area (Å²) >= 11 is 0. The van der Waals surface area contributed by atoms with E-state index < -0.39 is 0 Å². The summed E-state index contributed by atoms with van der Waals surface area (Å²) in [6.07, 6.45) is 8.43. The van der Waals surface area contributed by atoms with Crippen LogP contribution in [-0.4, -0.2) is 44.0 Å². The lowest BCUT2D eigenvalue weighted by Crippen LogP contribution is -2.40. The molecule has 0 radical (unpaired) electrons. The van der Waals surface area contributed by atoms with Gasteiger partial charge in [0.05, 0.1) is 11.3 Å². The summed E-state index contributed by atoms with van der Waals surface area (Å²) in [7, 11) is 0. The first-order chi connectivity index (χ1) is 13.2. The van der Waals surface area contributed by atoms with Crippen LogP contribution in [0.3, 0.4) is 0 Å². The molecule has 8 nitrogen and oxygen atoms in total. The lowest BCUT2D eigenvalue weighted by Gasteiger charge is -2.32. The average molecular weight is 367 g/mol. The highest BCUT2D eigenvalue weighted by Crippen LogP contribution is 2.24. The summed E-state index contributed by atoms with van der Waals surface area (Å²) in [4.78, 5) is 27.0. The summed E-state index contributed by atoms with van der Waals surface area (Å²) < 4.78 is 10.6. The summed E-state index contributed by atoms with van der Waals surface area (Å²) in [6, 6.07) is 3.73. The zero-order valence-corrected chi connectivity index (χ0v) is 15.2. The Bertz CT molecular complexity index is 905. The van der Waals surface area contributed by atoms with E-state index in [9.17, 15) is 4.79 Å². The van der Waals surface area contributed by atoms with E-state index in [0.717, 1.165) is 37.8 Å². The zero-order valence-electron chi connectivity index (χ0n) is 15.2. The van der Waals surface area contributed by atoms with Crippen LogP contribution in [0.25, 0.3) is 11.5 Å².